The van der Waals surface area contributed by atoms with Crippen LogP contribution >= 0.6 is 0 Å². The predicted molar refractivity (Wildman–Crippen MR) is 98.8 cm³/mol. The number of imide groups is 1. The van der Waals surface area contributed by atoms with Gasteiger partial charge in [-0.15, -0.1) is 0 Å². The molecule has 3 amide bonds. The number of anilines is 1. The summed E-state index contributed by atoms with van der Waals surface area (Å²) in [6, 6.07) is 11.9. The summed E-state index contributed by atoms with van der Waals surface area (Å²) in [6.07, 6.45) is 0. The fraction of sp³-hybridized carbons (Fsp3) is 0.200. The molecule has 1 saturated heterocycles. The number of benzene rings is 2. The van der Waals surface area contributed by atoms with Crippen LogP contribution in [0.5, 0.6) is 0 Å². The summed E-state index contributed by atoms with van der Waals surface area (Å²) in [5.74, 6) is -0.325. The number of carbonyl (C=O) groups is 2. The van der Waals surface area contributed by atoms with E-state index < -0.39 is 12.1 Å². The molecule has 28 heavy (non-hydrogen) atoms. The van der Waals surface area contributed by atoms with Crippen molar-refractivity contribution in [3.05, 3.63) is 65.8 Å². The number of hydrogen-bond donors (Lipinski definition) is 0. The molecule has 2 heterocycles. The quantitative estimate of drug-likeness (QED) is 0.647. The molecule has 1 aliphatic rings. The molecule has 0 saturated carbocycles. The Labute approximate surface area is 160 Å². The highest BCUT2D eigenvalue weighted by molar-refractivity contribution is 6.13. The minimum atomic E-state index is -0.630. The van der Waals surface area contributed by atoms with Gasteiger partial charge in [0, 0.05) is 11.3 Å². The molecule has 1 fully saturated rings. The Morgan fingerprint density at radius 1 is 1.07 bits per heavy atom. The Morgan fingerprint density at radius 3 is 2.43 bits per heavy atom. The highest BCUT2D eigenvalue weighted by Gasteiger charge is 2.44. The Bertz CT molecular complexity index is 1030. The summed E-state index contributed by atoms with van der Waals surface area (Å²) in [5.41, 5.74) is 2.28. The largest absolute Gasteiger partial charge is 0.337 e. The van der Waals surface area contributed by atoms with Gasteiger partial charge in [0.2, 0.25) is 11.7 Å². The molecule has 1 aromatic heterocycles. The van der Waals surface area contributed by atoms with E-state index in [1.165, 1.54) is 29.2 Å². The Hall–Kier alpha value is -3.55. The van der Waals surface area contributed by atoms with Crippen LogP contribution < -0.4 is 4.90 Å². The van der Waals surface area contributed by atoms with Crippen LogP contribution in [0.2, 0.25) is 0 Å². The molecule has 3 aromatic rings. The van der Waals surface area contributed by atoms with E-state index in [-0.39, 0.29) is 30.0 Å². The molecule has 0 spiro atoms. The molecule has 4 rings (SSSR count). The molecule has 2 aromatic carbocycles. The smallest absolute Gasteiger partial charge is 0.332 e. The highest BCUT2D eigenvalue weighted by atomic mass is 19.1. The lowest BCUT2D eigenvalue weighted by Crippen LogP contribution is -2.33. The SMILES string of the molecule is Cc1ccc(N2C(=O)N(Cc3nc(-c4ccc(F)cc4)no3)C(=O)C2C)cc1. The molecule has 0 bridgehead atoms. The van der Waals surface area contributed by atoms with E-state index in [9.17, 15) is 14.0 Å². The molecule has 8 heteroatoms. The number of rotatable bonds is 4. The topological polar surface area (TPSA) is 79.5 Å². The molecule has 142 valence electrons. The Balaban J connectivity index is 1.55. The van der Waals surface area contributed by atoms with Crippen molar-refractivity contribution in [2.24, 2.45) is 0 Å². The lowest BCUT2D eigenvalue weighted by Gasteiger charge is -2.19. The van der Waals surface area contributed by atoms with Gasteiger partial charge in [-0.1, -0.05) is 22.9 Å². The first-order valence-corrected chi connectivity index (χ1v) is 8.74. The molecule has 7 nitrogen and oxygen atoms in total. The highest BCUT2D eigenvalue weighted by Crippen LogP contribution is 2.27. The first-order chi connectivity index (χ1) is 13.4. The summed E-state index contributed by atoms with van der Waals surface area (Å²) >= 11 is 0. The van der Waals surface area contributed by atoms with Crippen LogP contribution in [-0.4, -0.2) is 33.0 Å². The normalized spacial score (nSPS) is 16.9. The number of halogens is 1. The maximum Gasteiger partial charge on any atom is 0.332 e. The van der Waals surface area contributed by atoms with Crippen molar-refractivity contribution in [1.82, 2.24) is 15.0 Å². The third-order valence-corrected chi connectivity index (χ3v) is 4.62. The van der Waals surface area contributed by atoms with Crippen molar-refractivity contribution in [3.63, 3.8) is 0 Å². The molecule has 0 radical (unpaired) electrons. The van der Waals surface area contributed by atoms with Crippen LogP contribution in [0, 0.1) is 12.7 Å². The first kappa shape index (κ1) is 17.8. The van der Waals surface area contributed by atoms with Gasteiger partial charge in [0.15, 0.2) is 0 Å². The Morgan fingerprint density at radius 2 is 1.75 bits per heavy atom. The van der Waals surface area contributed by atoms with E-state index in [0.29, 0.717) is 11.3 Å². The average Bonchev–Trinajstić information content (AvgIpc) is 3.23. The van der Waals surface area contributed by atoms with Crippen LogP contribution in [0.1, 0.15) is 18.4 Å². The van der Waals surface area contributed by atoms with Gasteiger partial charge in [0.05, 0.1) is 0 Å². The van der Waals surface area contributed by atoms with E-state index >= 15 is 0 Å². The molecule has 1 atom stereocenters. The Kier molecular flexibility index (Phi) is 4.38. The van der Waals surface area contributed by atoms with Gasteiger partial charge < -0.3 is 4.52 Å². The molecule has 0 aliphatic carbocycles. The summed E-state index contributed by atoms with van der Waals surface area (Å²) < 4.78 is 18.2. The number of urea groups is 1. The summed E-state index contributed by atoms with van der Waals surface area (Å²) in [4.78, 5) is 32.2. The number of hydrogen-bond acceptors (Lipinski definition) is 5. The predicted octanol–water partition coefficient (Wildman–Crippen LogP) is 3.54. The van der Waals surface area contributed by atoms with Crippen molar-refractivity contribution < 1.29 is 18.5 Å². The molecular formula is C20H17FN4O3. The van der Waals surface area contributed by atoms with Crippen molar-refractivity contribution in [2.75, 3.05) is 4.90 Å². The fourth-order valence-corrected chi connectivity index (χ4v) is 3.08. The molecule has 0 N–H and O–H groups in total. The van der Waals surface area contributed by atoms with Gasteiger partial charge in [-0.05, 0) is 50.2 Å². The summed E-state index contributed by atoms with van der Waals surface area (Å²) in [7, 11) is 0. The van der Waals surface area contributed by atoms with Crippen LogP contribution in [0.15, 0.2) is 53.1 Å². The van der Waals surface area contributed by atoms with Crippen LogP contribution in [0.3, 0.4) is 0 Å². The zero-order valence-electron chi connectivity index (χ0n) is 15.3. The lowest BCUT2D eigenvalue weighted by atomic mass is 10.2. The van der Waals surface area contributed by atoms with E-state index in [1.54, 1.807) is 19.1 Å². The zero-order chi connectivity index (χ0) is 19.8. The minimum absolute atomic E-state index is 0.124. The number of amides is 3. The zero-order valence-corrected chi connectivity index (χ0v) is 15.3. The molecular weight excluding hydrogens is 363 g/mol. The third kappa shape index (κ3) is 3.13. The van der Waals surface area contributed by atoms with Crippen LogP contribution in [0.4, 0.5) is 14.9 Å². The number of carbonyl (C=O) groups excluding carboxylic acids is 2. The van der Waals surface area contributed by atoms with E-state index in [4.69, 9.17) is 4.52 Å². The standard InChI is InChI=1S/C20H17FN4O3/c1-12-3-9-16(10-4-12)25-13(2)19(26)24(20(25)27)11-17-22-18(23-28-17)14-5-7-15(21)8-6-14/h3-10,13H,11H2,1-2H3. The van der Waals surface area contributed by atoms with Gasteiger partial charge in [-0.2, -0.15) is 4.98 Å². The molecule has 1 unspecified atom stereocenters. The monoisotopic (exact) mass is 380 g/mol. The number of aryl methyl sites for hydroxylation is 1. The number of nitrogens with zero attached hydrogens (tertiary/aromatic N) is 4. The van der Waals surface area contributed by atoms with Crippen molar-refractivity contribution in [2.45, 2.75) is 26.4 Å². The lowest BCUT2D eigenvalue weighted by molar-refractivity contribution is -0.127. The van der Waals surface area contributed by atoms with Crippen molar-refractivity contribution in [3.8, 4) is 11.4 Å². The second kappa shape index (κ2) is 6.88. The third-order valence-electron chi connectivity index (χ3n) is 4.62. The van der Waals surface area contributed by atoms with Crippen molar-refractivity contribution in [1.29, 1.82) is 0 Å². The average molecular weight is 380 g/mol. The fourth-order valence-electron chi connectivity index (χ4n) is 3.08. The minimum Gasteiger partial charge on any atom is -0.337 e. The first-order valence-electron chi connectivity index (χ1n) is 8.74. The summed E-state index contributed by atoms with van der Waals surface area (Å²) in [5, 5.41) is 3.84. The maximum atomic E-state index is 13.0. The summed E-state index contributed by atoms with van der Waals surface area (Å²) in [6.45, 7) is 3.50. The van der Waals surface area contributed by atoms with Gasteiger partial charge in [-0.25, -0.2) is 9.18 Å². The second-order valence-electron chi connectivity index (χ2n) is 6.61. The van der Waals surface area contributed by atoms with Crippen LogP contribution in [-0.2, 0) is 11.3 Å². The van der Waals surface area contributed by atoms with Crippen LogP contribution in [0.25, 0.3) is 11.4 Å². The maximum absolute atomic E-state index is 13.0. The van der Waals surface area contributed by atoms with E-state index in [0.717, 1.165) is 10.5 Å². The molecule has 1 aliphatic heterocycles. The second-order valence-corrected chi connectivity index (χ2v) is 6.61. The van der Waals surface area contributed by atoms with E-state index in [2.05, 4.69) is 10.1 Å². The van der Waals surface area contributed by atoms with Gasteiger partial charge in [0.1, 0.15) is 18.4 Å². The van der Waals surface area contributed by atoms with Gasteiger partial charge >= 0.3 is 6.03 Å². The van der Waals surface area contributed by atoms with E-state index in [1.807, 2.05) is 19.1 Å². The van der Waals surface area contributed by atoms with Crippen molar-refractivity contribution >= 4 is 17.6 Å². The van der Waals surface area contributed by atoms with Gasteiger partial charge in [-0.3, -0.25) is 14.6 Å². The van der Waals surface area contributed by atoms with Gasteiger partial charge in [0.25, 0.3) is 5.91 Å². The number of aromatic nitrogens is 2.